The van der Waals surface area contributed by atoms with Gasteiger partial charge >= 0.3 is 0 Å². The van der Waals surface area contributed by atoms with Crippen molar-refractivity contribution in [1.82, 2.24) is 14.9 Å². The molecule has 0 amide bonds. The molecule has 4 rings (SSSR count). The molecule has 0 spiro atoms. The molecule has 2 aromatic carbocycles. The van der Waals surface area contributed by atoms with E-state index >= 15 is 0 Å². The van der Waals surface area contributed by atoms with Crippen molar-refractivity contribution >= 4 is 6.08 Å². The zero-order valence-electron chi connectivity index (χ0n) is 15.6. The Labute approximate surface area is 160 Å². The van der Waals surface area contributed by atoms with E-state index in [9.17, 15) is 0 Å². The third-order valence-electron chi connectivity index (χ3n) is 4.96. The molecule has 1 aliphatic rings. The Hall–Kier alpha value is -2.85. The monoisotopic (exact) mass is 359 g/mol. The Balaban J connectivity index is 1.43. The fraction of sp³-hybridized carbons (Fsp3) is 0.261. The van der Waals surface area contributed by atoms with Crippen LogP contribution in [0.3, 0.4) is 0 Å². The average Bonchev–Trinajstić information content (AvgIpc) is 3.34. The predicted molar refractivity (Wildman–Crippen MR) is 110 cm³/mol. The maximum absolute atomic E-state index is 6.00. The second-order valence-electron chi connectivity index (χ2n) is 6.91. The highest BCUT2D eigenvalue weighted by Crippen LogP contribution is 2.24. The molecule has 0 bridgehead atoms. The van der Waals surface area contributed by atoms with Crippen LogP contribution in [0.5, 0.6) is 5.75 Å². The molecule has 1 saturated heterocycles. The van der Waals surface area contributed by atoms with Crippen LogP contribution in [0, 0.1) is 0 Å². The van der Waals surface area contributed by atoms with E-state index in [-0.39, 0.29) is 6.10 Å². The molecule has 27 heavy (non-hydrogen) atoms. The van der Waals surface area contributed by atoms with Gasteiger partial charge in [0.1, 0.15) is 17.7 Å². The van der Waals surface area contributed by atoms with E-state index in [1.165, 1.54) is 5.56 Å². The van der Waals surface area contributed by atoms with Crippen molar-refractivity contribution in [3.05, 3.63) is 78.3 Å². The zero-order valence-corrected chi connectivity index (χ0v) is 15.6. The van der Waals surface area contributed by atoms with Gasteiger partial charge in [0, 0.05) is 19.2 Å². The van der Waals surface area contributed by atoms with Gasteiger partial charge in [-0.15, -0.1) is 0 Å². The summed E-state index contributed by atoms with van der Waals surface area (Å²) in [5.41, 5.74) is 3.55. The Morgan fingerprint density at radius 1 is 1.15 bits per heavy atom. The second-order valence-corrected chi connectivity index (χ2v) is 6.91. The van der Waals surface area contributed by atoms with Gasteiger partial charge in [0.2, 0.25) is 0 Å². The summed E-state index contributed by atoms with van der Waals surface area (Å²) < 4.78 is 8.12. The number of benzene rings is 2. The second kappa shape index (κ2) is 8.23. The molecular formula is C23H25N3O. The standard InChI is InChI=1S/C23H25N3O/c1-26-22(17-25-23(26)9-5-8-18-6-3-2-4-7-18)19-10-12-20(13-11-19)27-21-14-15-24-16-21/h2-7,9-13,17,21,24H,8,14-16H2,1H3/b9-5-/t21-/m1/s1. The van der Waals surface area contributed by atoms with Gasteiger partial charge in [-0.3, -0.25) is 0 Å². The summed E-state index contributed by atoms with van der Waals surface area (Å²) in [7, 11) is 2.05. The minimum absolute atomic E-state index is 0.286. The highest BCUT2D eigenvalue weighted by Gasteiger charge is 2.16. The van der Waals surface area contributed by atoms with Crippen LogP contribution in [0.15, 0.2) is 66.9 Å². The summed E-state index contributed by atoms with van der Waals surface area (Å²) in [6, 6.07) is 18.8. The van der Waals surface area contributed by atoms with E-state index in [1.54, 1.807) is 0 Å². The Bertz CT molecular complexity index is 891. The van der Waals surface area contributed by atoms with E-state index < -0.39 is 0 Å². The molecule has 138 valence electrons. The van der Waals surface area contributed by atoms with Crippen LogP contribution >= 0.6 is 0 Å². The lowest BCUT2D eigenvalue weighted by molar-refractivity contribution is 0.223. The summed E-state index contributed by atoms with van der Waals surface area (Å²) in [6.07, 6.45) is 8.44. The van der Waals surface area contributed by atoms with Gasteiger partial charge in [-0.05, 0) is 55.3 Å². The number of aromatic nitrogens is 2. The molecule has 2 heterocycles. The molecule has 1 fully saturated rings. The van der Waals surface area contributed by atoms with Crippen LogP contribution in [-0.2, 0) is 13.5 Å². The maximum Gasteiger partial charge on any atom is 0.132 e. The van der Waals surface area contributed by atoms with Gasteiger partial charge < -0.3 is 14.6 Å². The highest BCUT2D eigenvalue weighted by atomic mass is 16.5. The van der Waals surface area contributed by atoms with Crippen molar-refractivity contribution in [2.75, 3.05) is 13.1 Å². The van der Waals surface area contributed by atoms with E-state index in [0.717, 1.165) is 48.8 Å². The Morgan fingerprint density at radius 3 is 2.70 bits per heavy atom. The Morgan fingerprint density at radius 2 is 1.96 bits per heavy atom. The van der Waals surface area contributed by atoms with E-state index in [0.29, 0.717) is 0 Å². The molecule has 4 nitrogen and oxygen atoms in total. The molecular weight excluding hydrogens is 334 g/mol. The number of ether oxygens (including phenoxy) is 1. The normalized spacial score (nSPS) is 16.9. The lowest BCUT2D eigenvalue weighted by Crippen LogP contribution is -2.19. The first-order valence-electron chi connectivity index (χ1n) is 9.49. The molecule has 1 N–H and O–H groups in total. The lowest BCUT2D eigenvalue weighted by atomic mass is 10.1. The van der Waals surface area contributed by atoms with E-state index in [4.69, 9.17) is 4.74 Å². The number of nitrogens with one attached hydrogen (secondary N) is 1. The minimum atomic E-state index is 0.286. The first-order chi connectivity index (χ1) is 13.3. The van der Waals surface area contributed by atoms with Gasteiger partial charge in [0.25, 0.3) is 0 Å². The van der Waals surface area contributed by atoms with Crippen molar-refractivity contribution in [3.63, 3.8) is 0 Å². The number of allylic oxidation sites excluding steroid dienone is 1. The molecule has 1 atom stereocenters. The maximum atomic E-state index is 6.00. The molecule has 0 aliphatic carbocycles. The summed E-state index contributed by atoms with van der Waals surface area (Å²) in [6.45, 7) is 1.97. The molecule has 0 radical (unpaired) electrons. The first kappa shape index (κ1) is 17.6. The average molecular weight is 359 g/mol. The van der Waals surface area contributed by atoms with E-state index in [2.05, 4.69) is 70.5 Å². The van der Waals surface area contributed by atoms with Crippen LogP contribution in [0.25, 0.3) is 17.3 Å². The third kappa shape index (κ3) is 4.29. The SMILES string of the molecule is Cn1c(-c2ccc(O[C@@H]3CCNC3)cc2)cnc1/C=C\Cc1ccccc1. The molecule has 1 aliphatic heterocycles. The Kier molecular flexibility index (Phi) is 5.35. The highest BCUT2D eigenvalue weighted by molar-refractivity contribution is 5.62. The molecule has 1 aromatic heterocycles. The smallest absolute Gasteiger partial charge is 0.132 e. The largest absolute Gasteiger partial charge is 0.489 e. The molecule has 3 aromatic rings. The minimum Gasteiger partial charge on any atom is -0.489 e. The molecule has 0 unspecified atom stereocenters. The number of hydrogen-bond acceptors (Lipinski definition) is 3. The first-order valence-corrected chi connectivity index (χ1v) is 9.49. The van der Waals surface area contributed by atoms with Crippen molar-refractivity contribution in [3.8, 4) is 17.0 Å². The third-order valence-corrected chi connectivity index (χ3v) is 4.96. The van der Waals surface area contributed by atoms with Crippen LogP contribution in [-0.4, -0.2) is 28.7 Å². The quantitative estimate of drug-likeness (QED) is 0.721. The number of hydrogen-bond donors (Lipinski definition) is 1. The van der Waals surface area contributed by atoms with Crippen molar-refractivity contribution in [2.45, 2.75) is 18.9 Å². The predicted octanol–water partition coefficient (Wildman–Crippen LogP) is 4.08. The summed E-state index contributed by atoms with van der Waals surface area (Å²) in [5, 5.41) is 3.32. The fourth-order valence-corrected chi connectivity index (χ4v) is 3.39. The molecule has 4 heteroatoms. The van der Waals surface area contributed by atoms with Crippen molar-refractivity contribution < 1.29 is 4.74 Å². The van der Waals surface area contributed by atoms with Gasteiger partial charge in [0.15, 0.2) is 0 Å². The van der Waals surface area contributed by atoms with Gasteiger partial charge in [-0.25, -0.2) is 4.98 Å². The van der Waals surface area contributed by atoms with Crippen LogP contribution in [0.4, 0.5) is 0 Å². The van der Waals surface area contributed by atoms with Crippen LogP contribution in [0.2, 0.25) is 0 Å². The van der Waals surface area contributed by atoms with Gasteiger partial charge in [-0.1, -0.05) is 36.4 Å². The summed E-state index contributed by atoms with van der Waals surface area (Å²) in [4.78, 5) is 4.57. The van der Waals surface area contributed by atoms with Gasteiger partial charge in [0.05, 0.1) is 11.9 Å². The lowest BCUT2D eigenvalue weighted by Gasteiger charge is -2.13. The number of imidazole rings is 1. The van der Waals surface area contributed by atoms with Gasteiger partial charge in [-0.2, -0.15) is 0 Å². The van der Waals surface area contributed by atoms with E-state index in [1.807, 2.05) is 24.4 Å². The fourth-order valence-electron chi connectivity index (χ4n) is 3.39. The zero-order chi connectivity index (χ0) is 18.5. The van der Waals surface area contributed by atoms with Crippen molar-refractivity contribution in [2.24, 2.45) is 7.05 Å². The summed E-state index contributed by atoms with van der Waals surface area (Å²) in [5.74, 6) is 1.89. The van der Waals surface area contributed by atoms with Crippen molar-refractivity contribution in [1.29, 1.82) is 0 Å². The van der Waals surface area contributed by atoms with Crippen LogP contribution in [0.1, 0.15) is 17.8 Å². The molecule has 0 saturated carbocycles. The summed E-state index contributed by atoms with van der Waals surface area (Å²) >= 11 is 0. The number of nitrogens with zero attached hydrogens (tertiary/aromatic N) is 2. The van der Waals surface area contributed by atoms with Crippen LogP contribution < -0.4 is 10.1 Å². The number of rotatable bonds is 6. The topological polar surface area (TPSA) is 39.1 Å².